The van der Waals surface area contributed by atoms with E-state index >= 15 is 0 Å². The van der Waals surface area contributed by atoms with Gasteiger partial charge in [0.2, 0.25) is 11.8 Å². The zero-order valence-corrected chi connectivity index (χ0v) is 17.6. The molecule has 6 nitrogen and oxygen atoms in total. The Hall–Kier alpha value is -3.48. The number of nitrogens with zero attached hydrogens (tertiary/aromatic N) is 2. The Bertz CT molecular complexity index is 1120. The second-order valence-corrected chi connectivity index (χ2v) is 7.40. The predicted molar refractivity (Wildman–Crippen MR) is 116 cm³/mol. The highest BCUT2D eigenvalue weighted by molar-refractivity contribution is 5.84. The van der Waals surface area contributed by atoms with Crippen LogP contribution in [0.15, 0.2) is 64.0 Å². The molecule has 1 heterocycles. The molecule has 0 spiro atoms. The summed E-state index contributed by atoms with van der Waals surface area (Å²) in [4.78, 5) is 40.9. The fourth-order valence-corrected chi connectivity index (χ4v) is 3.36. The lowest BCUT2D eigenvalue weighted by atomic mass is 10.1. The Morgan fingerprint density at radius 1 is 1.00 bits per heavy atom. The molecule has 1 aromatic heterocycles. The van der Waals surface area contributed by atoms with Gasteiger partial charge in [-0.3, -0.25) is 14.4 Å². The molecule has 0 radical (unpaired) electrons. The van der Waals surface area contributed by atoms with E-state index < -0.39 is 0 Å². The van der Waals surface area contributed by atoms with Gasteiger partial charge in [-0.2, -0.15) is 0 Å². The average Bonchev–Trinajstić information content (AvgIpc) is 2.76. The van der Waals surface area contributed by atoms with Crippen molar-refractivity contribution in [3.63, 3.8) is 0 Å². The molecule has 0 aliphatic carbocycles. The number of amides is 2. The third kappa shape index (κ3) is 5.57. The first-order valence-electron chi connectivity index (χ1n) is 10.2. The van der Waals surface area contributed by atoms with Gasteiger partial charge in [0.1, 0.15) is 11.4 Å². The van der Waals surface area contributed by atoms with Gasteiger partial charge in [0.05, 0.1) is 30.3 Å². The van der Waals surface area contributed by atoms with Crippen molar-refractivity contribution < 1.29 is 18.4 Å². The summed E-state index contributed by atoms with van der Waals surface area (Å²) in [6, 6.07) is 12.7. The molecule has 0 fully saturated rings. The molecule has 0 aliphatic heterocycles. The van der Waals surface area contributed by atoms with Crippen LogP contribution in [0.2, 0.25) is 0 Å². The maximum atomic E-state index is 13.3. The number of hydrogen-bond donors (Lipinski definition) is 0. The lowest BCUT2D eigenvalue weighted by Crippen LogP contribution is -2.42. The molecule has 162 valence electrons. The van der Waals surface area contributed by atoms with Gasteiger partial charge in [-0.05, 0) is 36.2 Å². The molecule has 0 bridgehead atoms. The Morgan fingerprint density at radius 2 is 1.71 bits per heavy atom. The fourth-order valence-electron chi connectivity index (χ4n) is 3.36. The number of halogens is 1. The normalized spacial score (nSPS) is 10.8. The molecular formula is C24H25FN2O4. The summed E-state index contributed by atoms with van der Waals surface area (Å²) >= 11 is 0. The minimum atomic E-state index is -0.373. The van der Waals surface area contributed by atoms with E-state index in [2.05, 4.69) is 0 Å². The predicted octanol–water partition coefficient (Wildman–Crippen LogP) is 3.72. The third-order valence-electron chi connectivity index (χ3n) is 5.02. The molecule has 7 heteroatoms. The molecule has 0 atom stereocenters. The van der Waals surface area contributed by atoms with Crippen LogP contribution in [0.3, 0.4) is 0 Å². The smallest absolute Gasteiger partial charge is 0.242 e. The molecule has 2 aromatic carbocycles. The number of hydrogen-bond acceptors (Lipinski definition) is 4. The molecule has 3 rings (SSSR count). The Kier molecular flexibility index (Phi) is 7.18. The SMILES string of the molecule is CCCN(CC(=O)N(Cc1ccc(F)cc1)Cc1coc2ccccc2c1=O)C(C)=O. The quantitative estimate of drug-likeness (QED) is 0.553. The summed E-state index contributed by atoms with van der Waals surface area (Å²) in [5.74, 6) is -0.870. The van der Waals surface area contributed by atoms with Crippen LogP contribution < -0.4 is 5.43 Å². The van der Waals surface area contributed by atoms with Gasteiger partial charge in [0.15, 0.2) is 5.43 Å². The van der Waals surface area contributed by atoms with Crippen molar-refractivity contribution in [1.29, 1.82) is 0 Å². The number of rotatable bonds is 8. The fraction of sp³-hybridized carbons (Fsp3) is 0.292. The molecule has 0 saturated heterocycles. The van der Waals surface area contributed by atoms with Crippen LogP contribution in [0.25, 0.3) is 11.0 Å². The summed E-state index contributed by atoms with van der Waals surface area (Å²) in [5.41, 5.74) is 1.30. The van der Waals surface area contributed by atoms with E-state index in [-0.39, 0.29) is 42.7 Å². The van der Waals surface area contributed by atoms with Crippen molar-refractivity contribution in [3.8, 4) is 0 Å². The summed E-state index contributed by atoms with van der Waals surface area (Å²) in [6.45, 7) is 3.90. The monoisotopic (exact) mass is 424 g/mol. The Balaban J connectivity index is 1.90. The van der Waals surface area contributed by atoms with Crippen molar-refractivity contribution >= 4 is 22.8 Å². The van der Waals surface area contributed by atoms with Crippen LogP contribution in [0.4, 0.5) is 4.39 Å². The largest absolute Gasteiger partial charge is 0.464 e. The zero-order chi connectivity index (χ0) is 22.4. The van der Waals surface area contributed by atoms with Gasteiger partial charge in [-0.15, -0.1) is 0 Å². The van der Waals surface area contributed by atoms with Crippen LogP contribution in [-0.4, -0.2) is 34.7 Å². The number of benzene rings is 2. The molecular weight excluding hydrogens is 399 g/mol. The summed E-state index contributed by atoms with van der Waals surface area (Å²) < 4.78 is 18.9. The number of fused-ring (bicyclic) bond motifs is 1. The van der Waals surface area contributed by atoms with Crippen molar-refractivity contribution in [2.75, 3.05) is 13.1 Å². The van der Waals surface area contributed by atoms with Crippen molar-refractivity contribution in [2.24, 2.45) is 0 Å². The molecule has 2 amide bonds. The summed E-state index contributed by atoms with van der Waals surface area (Å²) in [5, 5.41) is 0.436. The van der Waals surface area contributed by atoms with Crippen LogP contribution in [0.1, 0.15) is 31.4 Å². The summed E-state index contributed by atoms with van der Waals surface area (Å²) in [7, 11) is 0. The van der Waals surface area contributed by atoms with E-state index in [9.17, 15) is 18.8 Å². The zero-order valence-electron chi connectivity index (χ0n) is 17.6. The molecule has 31 heavy (non-hydrogen) atoms. The molecule has 0 N–H and O–H groups in total. The lowest BCUT2D eigenvalue weighted by molar-refractivity contribution is -0.140. The Morgan fingerprint density at radius 3 is 2.39 bits per heavy atom. The maximum absolute atomic E-state index is 13.3. The lowest BCUT2D eigenvalue weighted by Gasteiger charge is -2.27. The second-order valence-electron chi connectivity index (χ2n) is 7.40. The van der Waals surface area contributed by atoms with Crippen molar-refractivity contribution in [2.45, 2.75) is 33.4 Å². The van der Waals surface area contributed by atoms with Gasteiger partial charge < -0.3 is 14.2 Å². The molecule has 0 aliphatic rings. The molecule has 3 aromatic rings. The van der Waals surface area contributed by atoms with E-state index in [1.165, 1.54) is 35.1 Å². The highest BCUT2D eigenvalue weighted by atomic mass is 19.1. The molecule has 0 unspecified atom stereocenters. The van der Waals surface area contributed by atoms with E-state index in [0.717, 1.165) is 6.42 Å². The Labute approximate surface area is 179 Å². The highest BCUT2D eigenvalue weighted by Gasteiger charge is 2.21. The highest BCUT2D eigenvalue weighted by Crippen LogP contribution is 2.14. The minimum absolute atomic E-state index is 0.0151. The number of carbonyl (C=O) groups excluding carboxylic acids is 2. The van der Waals surface area contributed by atoms with Crippen LogP contribution in [0, 0.1) is 5.82 Å². The number of para-hydroxylation sites is 1. The van der Waals surface area contributed by atoms with E-state index in [0.29, 0.717) is 28.6 Å². The van der Waals surface area contributed by atoms with Gasteiger partial charge in [-0.1, -0.05) is 31.2 Å². The minimum Gasteiger partial charge on any atom is -0.464 e. The van der Waals surface area contributed by atoms with Gasteiger partial charge in [0, 0.05) is 20.0 Å². The topological polar surface area (TPSA) is 70.8 Å². The van der Waals surface area contributed by atoms with E-state index in [1.54, 1.807) is 36.4 Å². The second kappa shape index (κ2) is 10.0. The van der Waals surface area contributed by atoms with Crippen molar-refractivity contribution in [3.05, 3.63) is 82.0 Å². The van der Waals surface area contributed by atoms with Gasteiger partial charge in [-0.25, -0.2) is 4.39 Å². The van der Waals surface area contributed by atoms with E-state index in [1.807, 2.05) is 6.92 Å². The van der Waals surface area contributed by atoms with Crippen molar-refractivity contribution in [1.82, 2.24) is 9.80 Å². The average molecular weight is 424 g/mol. The van der Waals surface area contributed by atoms with Crippen LogP contribution in [0.5, 0.6) is 0 Å². The third-order valence-corrected chi connectivity index (χ3v) is 5.02. The maximum Gasteiger partial charge on any atom is 0.242 e. The summed E-state index contributed by atoms with van der Waals surface area (Å²) in [6.07, 6.45) is 2.09. The van der Waals surface area contributed by atoms with E-state index in [4.69, 9.17) is 4.42 Å². The van der Waals surface area contributed by atoms with Gasteiger partial charge >= 0.3 is 0 Å². The van der Waals surface area contributed by atoms with Crippen LogP contribution in [-0.2, 0) is 22.7 Å². The van der Waals surface area contributed by atoms with Gasteiger partial charge in [0.25, 0.3) is 0 Å². The van der Waals surface area contributed by atoms with Crippen LogP contribution >= 0.6 is 0 Å². The molecule has 0 saturated carbocycles. The first-order valence-corrected chi connectivity index (χ1v) is 10.2. The first kappa shape index (κ1) is 22.2. The standard InChI is InChI=1S/C24H25FN2O4/c1-3-12-26(17(2)28)15-23(29)27(13-18-8-10-20(25)11-9-18)14-19-16-31-22-7-5-4-6-21(22)24(19)30/h4-11,16H,3,12-15H2,1-2H3. The first-order chi connectivity index (χ1) is 14.9. The number of carbonyl (C=O) groups is 2.